The van der Waals surface area contributed by atoms with Gasteiger partial charge < -0.3 is 19.6 Å². The predicted octanol–water partition coefficient (Wildman–Crippen LogP) is 2.84. The highest BCUT2D eigenvalue weighted by Gasteiger charge is 2.24. The van der Waals surface area contributed by atoms with Gasteiger partial charge in [-0.1, -0.05) is 17.7 Å². The van der Waals surface area contributed by atoms with Crippen LogP contribution in [-0.4, -0.2) is 95.7 Å². The van der Waals surface area contributed by atoms with E-state index >= 15 is 0 Å². The number of carbonyl (C=O) groups is 2. The van der Waals surface area contributed by atoms with Crippen molar-refractivity contribution in [2.75, 3.05) is 64.3 Å². The van der Waals surface area contributed by atoms with Crippen LogP contribution in [0.4, 0.5) is 5.69 Å². The number of rotatable bonds is 4. The minimum Gasteiger partial charge on any atom is -0.368 e. The van der Waals surface area contributed by atoms with Crippen LogP contribution >= 0.6 is 0 Å². The van der Waals surface area contributed by atoms with Crippen LogP contribution < -0.4 is 4.90 Å². The molecule has 188 valence electrons. The lowest BCUT2D eigenvalue weighted by molar-refractivity contribution is 0.0663. The molecule has 0 spiro atoms. The molecule has 0 atom stereocenters. The molecule has 8 heteroatoms. The smallest absolute Gasteiger partial charge is 0.257 e. The van der Waals surface area contributed by atoms with Crippen molar-refractivity contribution in [3.63, 3.8) is 0 Å². The Bertz CT molecular complexity index is 1240. The first kappa shape index (κ1) is 24.1. The van der Waals surface area contributed by atoms with Crippen molar-refractivity contribution >= 4 is 17.5 Å². The van der Waals surface area contributed by atoms with Gasteiger partial charge in [0, 0.05) is 69.8 Å². The van der Waals surface area contributed by atoms with Gasteiger partial charge in [0.25, 0.3) is 11.8 Å². The summed E-state index contributed by atoms with van der Waals surface area (Å²) >= 11 is 0. The van der Waals surface area contributed by atoms with Crippen LogP contribution in [0, 0.1) is 13.8 Å². The molecule has 0 saturated carbocycles. The maximum absolute atomic E-state index is 13.1. The number of aryl methyl sites for hydroxylation is 2. The first-order valence-electron chi connectivity index (χ1n) is 12.6. The largest absolute Gasteiger partial charge is 0.368 e. The van der Waals surface area contributed by atoms with Crippen LogP contribution in [0.5, 0.6) is 0 Å². The van der Waals surface area contributed by atoms with Crippen LogP contribution in [0.1, 0.15) is 31.8 Å². The molecule has 2 aliphatic heterocycles. The number of hydrogen-bond donors (Lipinski definition) is 0. The molecule has 5 rings (SSSR count). The number of carbonyl (C=O) groups excluding carboxylic acids is 2. The van der Waals surface area contributed by atoms with Crippen LogP contribution in [0.2, 0.25) is 0 Å². The number of likely N-dealkylation sites (N-methyl/N-ethyl adjacent to an activating group) is 1. The molecule has 3 aromatic rings. The molecule has 3 heterocycles. The number of aromatic nitrogens is 2. The molecule has 2 saturated heterocycles. The highest BCUT2D eigenvalue weighted by molar-refractivity contribution is 5.95. The van der Waals surface area contributed by atoms with Crippen molar-refractivity contribution in [1.82, 2.24) is 24.5 Å². The van der Waals surface area contributed by atoms with Crippen molar-refractivity contribution in [2.45, 2.75) is 13.8 Å². The fourth-order valence-corrected chi connectivity index (χ4v) is 5.02. The molecule has 0 N–H and O–H groups in total. The van der Waals surface area contributed by atoms with Crippen LogP contribution in [-0.2, 0) is 0 Å². The lowest BCUT2D eigenvalue weighted by atomic mass is 10.1. The van der Waals surface area contributed by atoms with Crippen LogP contribution in [0.25, 0.3) is 5.69 Å². The molecule has 2 aliphatic rings. The van der Waals surface area contributed by atoms with E-state index < -0.39 is 0 Å². The van der Waals surface area contributed by atoms with E-state index in [-0.39, 0.29) is 11.8 Å². The van der Waals surface area contributed by atoms with E-state index in [9.17, 15) is 9.59 Å². The zero-order valence-electron chi connectivity index (χ0n) is 21.4. The average molecular weight is 487 g/mol. The Morgan fingerprint density at radius 3 is 2.00 bits per heavy atom. The van der Waals surface area contributed by atoms with E-state index in [1.54, 1.807) is 17.1 Å². The van der Waals surface area contributed by atoms with Crippen LogP contribution in [0.3, 0.4) is 0 Å². The molecule has 2 aromatic carbocycles. The highest BCUT2D eigenvalue weighted by atomic mass is 16.2. The molecule has 0 bridgehead atoms. The molecular formula is C28H34N6O2. The summed E-state index contributed by atoms with van der Waals surface area (Å²) in [5.41, 5.74) is 5.87. The van der Waals surface area contributed by atoms with Gasteiger partial charge in [-0.3, -0.25) is 9.59 Å². The SMILES string of the molecule is Cc1ccc(N2CCN(C(=O)c3ccc(-n4cc(C(=O)N5CCN(C)CC5)cn4)cc3)CC2)c(C)c1. The second-order valence-electron chi connectivity index (χ2n) is 9.89. The zero-order valence-corrected chi connectivity index (χ0v) is 21.4. The van der Waals surface area contributed by atoms with E-state index in [1.165, 1.54) is 16.8 Å². The number of piperazine rings is 2. The molecule has 0 aliphatic carbocycles. The molecule has 8 nitrogen and oxygen atoms in total. The summed E-state index contributed by atoms with van der Waals surface area (Å²) in [6.45, 7) is 10.5. The van der Waals surface area contributed by atoms with E-state index in [4.69, 9.17) is 0 Å². The minimum atomic E-state index is 0.0149. The van der Waals surface area contributed by atoms with E-state index in [0.29, 0.717) is 24.2 Å². The van der Waals surface area contributed by atoms with Crippen molar-refractivity contribution < 1.29 is 9.59 Å². The zero-order chi connectivity index (χ0) is 25.2. The summed E-state index contributed by atoms with van der Waals surface area (Å²) in [7, 11) is 2.07. The second-order valence-corrected chi connectivity index (χ2v) is 9.89. The number of anilines is 1. The highest BCUT2D eigenvalue weighted by Crippen LogP contribution is 2.23. The van der Waals surface area contributed by atoms with Gasteiger partial charge in [-0.25, -0.2) is 4.68 Å². The fraction of sp³-hybridized carbons (Fsp3) is 0.393. The molecule has 2 amide bonds. The van der Waals surface area contributed by atoms with Crippen molar-refractivity contribution in [1.29, 1.82) is 0 Å². The quantitative estimate of drug-likeness (QED) is 0.568. The summed E-state index contributed by atoms with van der Waals surface area (Å²) in [5, 5.41) is 4.39. The van der Waals surface area contributed by atoms with Gasteiger partial charge in [-0.2, -0.15) is 5.10 Å². The number of nitrogens with zero attached hydrogens (tertiary/aromatic N) is 6. The first-order chi connectivity index (χ1) is 17.4. The lowest BCUT2D eigenvalue weighted by Crippen LogP contribution is -2.49. The van der Waals surface area contributed by atoms with Gasteiger partial charge in [0.15, 0.2) is 0 Å². The topological polar surface area (TPSA) is 64.9 Å². The molecule has 1 aromatic heterocycles. The summed E-state index contributed by atoms with van der Waals surface area (Å²) in [6, 6.07) is 14.0. The molecule has 0 radical (unpaired) electrons. The summed E-state index contributed by atoms with van der Waals surface area (Å²) in [5.74, 6) is 0.0642. The third-order valence-electron chi connectivity index (χ3n) is 7.26. The van der Waals surface area contributed by atoms with Crippen molar-refractivity contribution in [3.05, 3.63) is 77.1 Å². The minimum absolute atomic E-state index is 0.0149. The number of amides is 2. The van der Waals surface area contributed by atoms with Gasteiger partial charge in [0.2, 0.25) is 0 Å². The van der Waals surface area contributed by atoms with Gasteiger partial charge in [0.05, 0.1) is 17.4 Å². The van der Waals surface area contributed by atoms with Gasteiger partial charge in [-0.05, 0) is 56.8 Å². The normalized spacial score (nSPS) is 16.9. The molecule has 36 heavy (non-hydrogen) atoms. The van der Waals surface area contributed by atoms with E-state index in [1.807, 2.05) is 34.1 Å². The maximum Gasteiger partial charge on any atom is 0.257 e. The first-order valence-corrected chi connectivity index (χ1v) is 12.6. The molecule has 0 unspecified atom stereocenters. The Hall–Kier alpha value is -3.65. The summed E-state index contributed by atoms with van der Waals surface area (Å²) in [6.07, 6.45) is 3.39. The van der Waals surface area contributed by atoms with Crippen molar-refractivity contribution in [3.8, 4) is 5.69 Å². The Morgan fingerprint density at radius 1 is 0.750 bits per heavy atom. The standard InChI is InChI=1S/C28H34N6O2/c1-21-4-9-26(22(2)18-21)31-14-16-33(17-15-31)27(35)23-5-7-25(8-6-23)34-20-24(19-29-34)28(36)32-12-10-30(3)11-13-32/h4-9,18-20H,10-17H2,1-3H3. The summed E-state index contributed by atoms with van der Waals surface area (Å²) in [4.78, 5) is 34.3. The molecule has 2 fully saturated rings. The van der Waals surface area contributed by atoms with E-state index in [2.05, 4.69) is 54.0 Å². The molecular weight excluding hydrogens is 452 g/mol. The van der Waals surface area contributed by atoms with Crippen LogP contribution in [0.15, 0.2) is 54.9 Å². The van der Waals surface area contributed by atoms with Gasteiger partial charge >= 0.3 is 0 Å². The third-order valence-corrected chi connectivity index (χ3v) is 7.26. The average Bonchev–Trinajstić information content (AvgIpc) is 3.39. The lowest BCUT2D eigenvalue weighted by Gasteiger charge is -2.37. The van der Waals surface area contributed by atoms with E-state index in [0.717, 1.165) is 45.0 Å². The summed E-state index contributed by atoms with van der Waals surface area (Å²) < 4.78 is 1.69. The second kappa shape index (κ2) is 10.1. The monoisotopic (exact) mass is 486 g/mol. The van der Waals surface area contributed by atoms with Crippen molar-refractivity contribution in [2.24, 2.45) is 0 Å². The van der Waals surface area contributed by atoms with Gasteiger partial charge in [0.1, 0.15) is 0 Å². The number of hydrogen-bond acceptors (Lipinski definition) is 5. The fourth-order valence-electron chi connectivity index (χ4n) is 5.02. The number of benzene rings is 2. The Morgan fingerprint density at radius 2 is 1.36 bits per heavy atom. The Balaban J connectivity index is 1.19. The Kier molecular flexibility index (Phi) is 6.78. The maximum atomic E-state index is 13.1. The van der Waals surface area contributed by atoms with Gasteiger partial charge in [-0.15, -0.1) is 0 Å². The third kappa shape index (κ3) is 4.99. The Labute approximate surface area is 212 Å². The predicted molar refractivity (Wildman–Crippen MR) is 141 cm³/mol.